The van der Waals surface area contributed by atoms with Gasteiger partial charge < -0.3 is 10.2 Å². The van der Waals surface area contributed by atoms with E-state index in [9.17, 15) is 0 Å². The van der Waals surface area contributed by atoms with Gasteiger partial charge in [-0.25, -0.2) is 4.98 Å². The monoisotopic (exact) mass is 273 g/mol. The van der Waals surface area contributed by atoms with E-state index in [0.29, 0.717) is 5.92 Å². The van der Waals surface area contributed by atoms with E-state index in [0.717, 1.165) is 25.2 Å². The second-order valence-corrected chi connectivity index (χ2v) is 6.85. The number of nitrogens with one attached hydrogen (secondary N) is 1. The molecule has 0 spiro atoms. The molecular weight excluding hydrogens is 246 g/mol. The van der Waals surface area contributed by atoms with Gasteiger partial charge in [0, 0.05) is 30.9 Å². The van der Waals surface area contributed by atoms with Crippen LogP contribution in [0.3, 0.4) is 0 Å². The van der Waals surface area contributed by atoms with Crippen LogP contribution in [0.25, 0.3) is 0 Å². The lowest BCUT2D eigenvalue weighted by Crippen LogP contribution is -2.30. The number of aryl methyl sites for hydroxylation is 1. The molecule has 3 nitrogen and oxygen atoms in total. The van der Waals surface area contributed by atoms with Crippen molar-refractivity contribution in [3.63, 3.8) is 0 Å². The van der Waals surface area contributed by atoms with Gasteiger partial charge >= 0.3 is 0 Å². The molecular formula is C17H27N3. The molecule has 1 N–H and O–H groups in total. The van der Waals surface area contributed by atoms with Crippen LogP contribution in [-0.2, 0) is 6.54 Å². The van der Waals surface area contributed by atoms with Crippen LogP contribution in [-0.4, -0.2) is 23.6 Å². The lowest BCUT2D eigenvalue weighted by atomic mass is 10.1. The quantitative estimate of drug-likeness (QED) is 0.826. The first kappa shape index (κ1) is 13.9. The van der Waals surface area contributed by atoms with Gasteiger partial charge in [0.15, 0.2) is 0 Å². The minimum atomic E-state index is 0.689. The Bertz CT molecular complexity index is 461. The normalized spacial score (nSPS) is 18.6. The molecule has 110 valence electrons. The van der Waals surface area contributed by atoms with Crippen LogP contribution in [0.4, 0.5) is 5.82 Å². The van der Waals surface area contributed by atoms with Gasteiger partial charge in [-0.1, -0.05) is 19.9 Å². The molecule has 0 radical (unpaired) electrons. The molecule has 2 saturated carbocycles. The summed E-state index contributed by atoms with van der Waals surface area (Å²) in [6.07, 6.45) is 5.35. The Labute approximate surface area is 122 Å². The fourth-order valence-corrected chi connectivity index (χ4v) is 2.67. The SMILES string of the molecule is Cc1nc(N(CC(C)C)C2CC2)ccc1CNC1CC1. The fourth-order valence-electron chi connectivity index (χ4n) is 2.67. The van der Waals surface area contributed by atoms with Gasteiger partial charge in [-0.3, -0.25) is 0 Å². The highest BCUT2D eigenvalue weighted by Crippen LogP contribution is 2.31. The minimum absolute atomic E-state index is 0.689. The molecule has 0 unspecified atom stereocenters. The lowest BCUT2D eigenvalue weighted by Gasteiger charge is -2.26. The van der Waals surface area contributed by atoms with Gasteiger partial charge in [0.05, 0.1) is 0 Å². The maximum Gasteiger partial charge on any atom is 0.129 e. The Morgan fingerprint density at radius 3 is 2.55 bits per heavy atom. The van der Waals surface area contributed by atoms with Crippen LogP contribution >= 0.6 is 0 Å². The Morgan fingerprint density at radius 1 is 1.25 bits per heavy atom. The topological polar surface area (TPSA) is 28.2 Å². The summed E-state index contributed by atoms with van der Waals surface area (Å²) in [6.45, 7) is 8.81. The van der Waals surface area contributed by atoms with E-state index in [1.54, 1.807) is 0 Å². The molecule has 3 heteroatoms. The summed E-state index contributed by atoms with van der Waals surface area (Å²) in [5.74, 6) is 1.86. The van der Waals surface area contributed by atoms with E-state index in [1.807, 2.05) is 0 Å². The molecule has 0 atom stereocenters. The van der Waals surface area contributed by atoms with Crippen molar-refractivity contribution in [2.24, 2.45) is 5.92 Å². The molecule has 0 aliphatic heterocycles. The highest BCUT2D eigenvalue weighted by molar-refractivity contribution is 5.44. The molecule has 3 rings (SSSR count). The lowest BCUT2D eigenvalue weighted by molar-refractivity contribution is 0.601. The molecule has 2 aliphatic carbocycles. The van der Waals surface area contributed by atoms with Crippen molar-refractivity contribution in [3.8, 4) is 0 Å². The molecule has 0 amide bonds. The maximum atomic E-state index is 4.87. The van der Waals surface area contributed by atoms with Gasteiger partial charge in [0.25, 0.3) is 0 Å². The summed E-state index contributed by atoms with van der Waals surface area (Å²) < 4.78 is 0. The number of hydrogen-bond acceptors (Lipinski definition) is 3. The van der Waals surface area contributed by atoms with E-state index < -0.39 is 0 Å². The van der Waals surface area contributed by atoms with Gasteiger partial charge in [-0.15, -0.1) is 0 Å². The van der Waals surface area contributed by atoms with Crippen molar-refractivity contribution in [1.29, 1.82) is 0 Å². The maximum absolute atomic E-state index is 4.87. The Morgan fingerprint density at radius 2 is 2.00 bits per heavy atom. The van der Waals surface area contributed by atoms with Crippen LogP contribution in [0.1, 0.15) is 50.8 Å². The number of anilines is 1. The fraction of sp³-hybridized carbons (Fsp3) is 0.706. The van der Waals surface area contributed by atoms with Gasteiger partial charge in [0.2, 0.25) is 0 Å². The number of rotatable bonds is 7. The van der Waals surface area contributed by atoms with Crippen LogP contribution in [0.5, 0.6) is 0 Å². The number of hydrogen-bond donors (Lipinski definition) is 1. The second kappa shape index (κ2) is 5.72. The van der Waals surface area contributed by atoms with E-state index in [2.05, 4.69) is 43.1 Å². The minimum Gasteiger partial charge on any atom is -0.353 e. The average molecular weight is 273 g/mol. The predicted octanol–water partition coefficient (Wildman–Crippen LogP) is 3.27. The predicted molar refractivity (Wildman–Crippen MR) is 84.0 cm³/mol. The molecule has 20 heavy (non-hydrogen) atoms. The van der Waals surface area contributed by atoms with Crippen molar-refractivity contribution in [2.75, 3.05) is 11.4 Å². The summed E-state index contributed by atoms with van der Waals surface area (Å²) >= 11 is 0. The highest BCUT2D eigenvalue weighted by Gasteiger charge is 2.30. The summed E-state index contributed by atoms with van der Waals surface area (Å²) in [6, 6.07) is 5.98. The first-order valence-corrected chi connectivity index (χ1v) is 8.10. The number of aromatic nitrogens is 1. The Hall–Kier alpha value is -1.09. The van der Waals surface area contributed by atoms with Gasteiger partial charge in [0.1, 0.15) is 5.82 Å². The molecule has 2 aliphatic rings. The molecule has 2 fully saturated rings. The number of nitrogens with zero attached hydrogens (tertiary/aromatic N) is 2. The van der Waals surface area contributed by atoms with E-state index in [1.165, 1.54) is 42.8 Å². The summed E-state index contributed by atoms with van der Waals surface area (Å²) in [5, 5.41) is 3.58. The molecule has 0 bridgehead atoms. The van der Waals surface area contributed by atoms with Gasteiger partial charge in [-0.2, -0.15) is 0 Å². The van der Waals surface area contributed by atoms with Gasteiger partial charge in [-0.05, 0) is 50.2 Å². The van der Waals surface area contributed by atoms with Crippen molar-refractivity contribution < 1.29 is 0 Å². The van der Waals surface area contributed by atoms with Crippen LogP contribution in [0, 0.1) is 12.8 Å². The third-order valence-electron chi connectivity index (χ3n) is 4.18. The zero-order chi connectivity index (χ0) is 14.1. The third kappa shape index (κ3) is 3.51. The second-order valence-electron chi connectivity index (χ2n) is 6.85. The standard InChI is InChI=1S/C17H27N3/c1-12(2)11-20(16-7-8-16)17-9-4-14(13(3)19-17)10-18-15-5-6-15/h4,9,12,15-16,18H,5-8,10-11H2,1-3H3. The zero-order valence-electron chi connectivity index (χ0n) is 13.0. The van der Waals surface area contributed by atoms with Crippen LogP contribution < -0.4 is 10.2 Å². The number of pyridine rings is 1. The molecule has 1 aromatic rings. The average Bonchev–Trinajstić information content (AvgIpc) is 3.27. The smallest absolute Gasteiger partial charge is 0.129 e. The molecule has 0 saturated heterocycles. The largest absolute Gasteiger partial charge is 0.353 e. The van der Waals surface area contributed by atoms with Crippen molar-refractivity contribution in [1.82, 2.24) is 10.3 Å². The third-order valence-corrected chi connectivity index (χ3v) is 4.18. The van der Waals surface area contributed by atoms with Crippen molar-refractivity contribution >= 4 is 5.82 Å². The Balaban J connectivity index is 1.70. The summed E-state index contributed by atoms with van der Waals surface area (Å²) in [4.78, 5) is 7.38. The highest BCUT2D eigenvalue weighted by atomic mass is 15.2. The van der Waals surface area contributed by atoms with Crippen molar-refractivity contribution in [3.05, 3.63) is 23.4 Å². The van der Waals surface area contributed by atoms with E-state index in [4.69, 9.17) is 4.98 Å². The first-order valence-electron chi connectivity index (χ1n) is 8.10. The zero-order valence-corrected chi connectivity index (χ0v) is 13.0. The Kier molecular flexibility index (Phi) is 3.97. The molecule has 1 aromatic heterocycles. The first-order chi connectivity index (χ1) is 9.63. The van der Waals surface area contributed by atoms with Crippen LogP contribution in [0.15, 0.2) is 12.1 Å². The molecule has 1 heterocycles. The van der Waals surface area contributed by atoms with Crippen molar-refractivity contribution in [2.45, 2.75) is 65.1 Å². The van der Waals surface area contributed by atoms with Crippen LogP contribution in [0.2, 0.25) is 0 Å². The summed E-state index contributed by atoms with van der Waals surface area (Å²) in [7, 11) is 0. The summed E-state index contributed by atoms with van der Waals surface area (Å²) in [5.41, 5.74) is 2.53. The van der Waals surface area contributed by atoms with E-state index in [-0.39, 0.29) is 0 Å². The molecule has 0 aromatic carbocycles. The van der Waals surface area contributed by atoms with E-state index >= 15 is 0 Å².